The molecule has 0 spiro atoms. The van der Waals surface area contributed by atoms with Gasteiger partial charge in [0.05, 0.1) is 17.3 Å². The molecule has 2 atom stereocenters. The Balaban J connectivity index is 1.43. The molecule has 4 rings (SSSR count). The fourth-order valence-corrected chi connectivity index (χ4v) is 6.25. The highest BCUT2D eigenvalue weighted by Crippen LogP contribution is 2.38. The van der Waals surface area contributed by atoms with E-state index in [-0.39, 0.29) is 28.7 Å². The van der Waals surface area contributed by atoms with Crippen LogP contribution >= 0.6 is 27.9 Å². The Kier molecular flexibility index (Phi) is 11.0. The van der Waals surface area contributed by atoms with Crippen molar-refractivity contribution in [1.29, 1.82) is 0 Å². The third-order valence-corrected chi connectivity index (χ3v) is 8.89. The molecule has 1 aliphatic rings. The van der Waals surface area contributed by atoms with Crippen molar-refractivity contribution in [2.24, 2.45) is 5.92 Å². The Bertz CT molecular complexity index is 1540. The number of rotatable bonds is 9. The van der Waals surface area contributed by atoms with Crippen molar-refractivity contribution in [3.63, 3.8) is 0 Å². The minimum Gasteiger partial charge on any atom is -0.444 e. The van der Waals surface area contributed by atoms with Crippen molar-refractivity contribution in [2.75, 3.05) is 11.9 Å². The zero-order valence-corrected chi connectivity index (χ0v) is 30.2. The summed E-state index contributed by atoms with van der Waals surface area (Å²) in [6.07, 6.45) is 3.96. The largest absolute Gasteiger partial charge is 0.444 e. The minimum absolute atomic E-state index is 0.128. The van der Waals surface area contributed by atoms with Crippen molar-refractivity contribution in [3.8, 4) is 0 Å². The number of likely N-dealkylation sites (tertiary alicyclic amines) is 1. The van der Waals surface area contributed by atoms with Crippen LogP contribution in [0.3, 0.4) is 0 Å². The standard InChI is InChI=1S/C34H44BrFN6O3S/c1-32(2,3)26-17-14-23(29(36)39-26)30(43)41-46-28-11-9-10-27(40-28)38-25(24-16-13-22(35)19-37-24)15-12-21-18-34(7,8)42(20-21)31(44)45-33(4,5)6/h9-11,13-14,16-17,19,21,25H,12,15,18,20H2,1-8H3,(H,38,40)(H,41,43). The molecule has 46 heavy (non-hydrogen) atoms. The number of hydrogen-bond donors (Lipinski definition) is 2. The van der Waals surface area contributed by atoms with Crippen LogP contribution < -0.4 is 10.0 Å². The minimum atomic E-state index is -0.807. The Morgan fingerprint density at radius 3 is 2.48 bits per heavy atom. The topological polar surface area (TPSA) is 109 Å². The molecular formula is C34H44BrFN6O3S. The summed E-state index contributed by atoms with van der Waals surface area (Å²) in [6, 6.07) is 12.4. The van der Waals surface area contributed by atoms with Crippen molar-refractivity contribution in [3.05, 3.63) is 76.0 Å². The van der Waals surface area contributed by atoms with Gasteiger partial charge in [0.1, 0.15) is 16.4 Å². The predicted octanol–water partition coefficient (Wildman–Crippen LogP) is 8.48. The van der Waals surface area contributed by atoms with Crippen LogP contribution in [0.1, 0.15) is 102 Å². The molecule has 3 aromatic rings. The van der Waals surface area contributed by atoms with Crippen LogP contribution in [0, 0.1) is 11.9 Å². The van der Waals surface area contributed by atoms with Crippen molar-refractivity contribution in [2.45, 2.75) is 102 Å². The molecule has 0 aliphatic carbocycles. The highest BCUT2D eigenvalue weighted by Gasteiger charge is 2.43. The predicted molar refractivity (Wildman–Crippen MR) is 183 cm³/mol. The molecule has 4 heterocycles. The van der Waals surface area contributed by atoms with Crippen LogP contribution in [0.25, 0.3) is 0 Å². The van der Waals surface area contributed by atoms with Crippen LogP contribution in [-0.2, 0) is 10.2 Å². The van der Waals surface area contributed by atoms with E-state index in [2.05, 4.69) is 54.8 Å². The number of anilines is 1. The zero-order chi connectivity index (χ0) is 33.9. The molecule has 2 unspecified atom stereocenters. The van der Waals surface area contributed by atoms with E-state index in [0.29, 0.717) is 29.0 Å². The summed E-state index contributed by atoms with van der Waals surface area (Å²) < 4.78 is 23.9. The number of ether oxygens (including phenoxy) is 1. The number of nitrogens with zero attached hydrogens (tertiary/aromatic N) is 4. The number of halogens is 2. The Morgan fingerprint density at radius 1 is 1.11 bits per heavy atom. The maximum Gasteiger partial charge on any atom is 0.410 e. The van der Waals surface area contributed by atoms with Gasteiger partial charge in [0.2, 0.25) is 5.95 Å². The van der Waals surface area contributed by atoms with E-state index >= 15 is 0 Å². The van der Waals surface area contributed by atoms with E-state index in [4.69, 9.17) is 4.74 Å². The van der Waals surface area contributed by atoms with Gasteiger partial charge in [-0.25, -0.2) is 14.8 Å². The van der Waals surface area contributed by atoms with E-state index in [0.717, 1.165) is 41.4 Å². The molecule has 2 N–H and O–H groups in total. The summed E-state index contributed by atoms with van der Waals surface area (Å²) in [7, 11) is 0. The number of hydrogen-bond acceptors (Lipinski definition) is 8. The highest BCUT2D eigenvalue weighted by molar-refractivity contribution is 9.10. The second kappa shape index (κ2) is 14.3. The summed E-state index contributed by atoms with van der Waals surface area (Å²) >= 11 is 4.47. The van der Waals surface area contributed by atoms with Crippen LogP contribution in [0.4, 0.5) is 15.0 Å². The molecule has 9 nitrogen and oxygen atoms in total. The summed E-state index contributed by atoms with van der Waals surface area (Å²) in [5.41, 5.74) is 0.106. The first kappa shape index (κ1) is 35.6. The molecule has 1 saturated heterocycles. The molecular weight excluding hydrogens is 671 g/mol. The lowest BCUT2D eigenvalue weighted by molar-refractivity contribution is 0.0130. The summed E-state index contributed by atoms with van der Waals surface area (Å²) in [4.78, 5) is 40.9. The molecule has 0 aromatic carbocycles. The number of aromatic nitrogens is 3. The van der Waals surface area contributed by atoms with Gasteiger partial charge in [0.25, 0.3) is 5.91 Å². The Hall–Kier alpha value is -3.25. The zero-order valence-electron chi connectivity index (χ0n) is 27.8. The Labute approximate surface area is 284 Å². The fourth-order valence-electron chi connectivity index (χ4n) is 5.41. The summed E-state index contributed by atoms with van der Waals surface area (Å²) in [5.74, 6) is -0.496. The first-order valence-corrected chi connectivity index (χ1v) is 17.0. The van der Waals surface area contributed by atoms with E-state index in [1.54, 1.807) is 18.3 Å². The van der Waals surface area contributed by atoms with E-state index in [1.807, 2.05) is 70.7 Å². The van der Waals surface area contributed by atoms with Gasteiger partial charge in [-0.2, -0.15) is 4.39 Å². The second-order valence-electron chi connectivity index (χ2n) is 14.3. The maximum absolute atomic E-state index is 14.7. The van der Waals surface area contributed by atoms with Crippen LogP contribution in [-0.4, -0.2) is 49.5 Å². The van der Waals surface area contributed by atoms with Gasteiger partial charge in [-0.05, 0) is 112 Å². The monoisotopic (exact) mass is 714 g/mol. The average Bonchev–Trinajstić information content (AvgIpc) is 3.27. The smallest absolute Gasteiger partial charge is 0.410 e. The van der Waals surface area contributed by atoms with Gasteiger partial charge in [0.15, 0.2) is 0 Å². The third-order valence-electron chi connectivity index (χ3n) is 7.70. The number of carbonyl (C=O) groups is 2. The molecule has 0 radical (unpaired) electrons. The highest BCUT2D eigenvalue weighted by atomic mass is 79.9. The van der Waals surface area contributed by atoms with Crippen LogP contribution in [0.15, 0.2) is 58.2 Å². The molecule has 1 fully saturated rings. The average molecular weight is 716 g/mol. The lowest BCUT2D eigenvalue weighted by Gasteiger charge is -2.33. The molecule has 0 bridgehead atoms. The Morgan fingerprint density at radius 2 is 1.85 bits per heavy atom. The summed E-state index contributed by atoms with van der Waals surface area (Å²) in [6.45, 7) is 16.2. The number of pyridine rings is 3. The lowest BCUT2D eigenvalue weighted by Crippen LogP contribution is -2.45. The van der Waals surface area contributed by atoms with Gasteiger partial charge >= 0.3 is 6.09 Å². The lowest BCUT2D eigenvalue weighted by atomic mass is 9.91. The number of amides is 2. The normalized spacial score (nSPS) is 17.0. The van der Waals surface area contributed by atoms with Crippen molar-refractivity contribution < 1.29 is 18.7 Å². The molecule has 3 aromatic heterocycles. The van der Waals surface area contributed by atoms with E-state index in [9.17, 15) is 14.0 Å². The number of nitrogens with one attached hydrogen (secondary N) is 2. The SMILES string of the molecule is CC(C)(C)OC(=O)N1CC(CCC(Nc2cccc(SNC(=O)c3ccc(C(C)(C)C)nc3F)n2)c2ccc(Br)cn2)CC1(C)C. The molecule has 12 heteroatoms. The van der Waals surface area contributed by atoms with E-state index < -0.39 is 17.5 Å². The van der Waals surface area contributed by atoms with Gasteiger partial charge in [-0.15, -0.1) is 0 Å². The van der Waals surface area contributed by atoms with Crippen LogP contribution in [0.5, 0.6) is 0 Å². The molecule has 0 saturated carbocycles. The van der Waals surface area contributed by atoms with Gasteiger partial charge in [-0.1, -0.05) is 26.8 Å². The quantitative estimate of drug-likeness (QED) is 0.168. The molecule has 1 aliphatic heterocycles. The van der Waals surface area contributed by atoms with Crippen molar-refractivity contribution >= 4 is 45.7 Å². The third kappa shape index (κ3) is 9.63. The molecule has 248 valence electrons. The van der Waals surface area contributed by atoms with Gasteiger partial charge < -0.3 is 15.0 Å². The number of carbonyl (C=O) groups excluding carboxylic acids is 2. The second-order valence-corrected chi connectivity index (χ2v) is 16.1. The summed E-state index contributed by atoms with van der Waals surface area (Å²) in [5, 5.41) is 4.06. The maximum atomic E-state index is 14.7. The molecule has 2 amide bonds. The first-order chi connectivity index (χ1) is 21.4. The fraction of sp³-hybridized carbons (Fsp3) is 0.500. The van der Waals surface area contributed by atoms with Gasteiger partial charge in [-0.3, -0.25) is 14.5 Å². The van der Waals surface area contributed by atoms with Crippen LogP contribution in [0.2, 0.25) is 0 Å². The first-order valence-electron chi connectivity index (χ1n) is 15.4. The van der Waals surface area contributed by atoms with Gasteiger partial charge in [0, 0.05) is 45.8 Å². The van der Waals surface area contributed by atoms with Crippen molar-refractivity contribution in [1.82, 2.24) is 24.6 Å². The van der Waals surface area contributed by atoms with E-state index in [1.165, 1.54) is 6.07 Å².